The number of aromatic nitrogens is 1. The van der Waals surface area contributed by atoms with Crippen LogP contribution in [-0.4, -0.2) is 35.6 Å². The van der Waals surface area contributed by atoms with Gasteiger partial charge in [0.1, 0.15) is 17.7 Å². The van der Waals surface area contributed by atoms with E-state index in [1.54, 1.807) is 18.3 Å². The van der Waals surface area contributed by atoms with Crippen LogP contribution in [0.1, 0.15) is 18.4 Å². The first-order chi connectivity index (χ1) is 8.36. The van der Waals surface area contributed by atoms with Crippen molar-refractivity contribution in [1.82, 2.24) is 9.88 Å². The summed E-state index contributed by atoms with van der Waals surface area (Å²) in [6.07, 6.45) is 4.30. The quantitative estimate of drug-likeness (QED) is 0.769. The maximum absolute atomic E-state index is 9.00. The van der Waals surface area contributed by atoms with E-state index in [-0.39, 0.29) is 6.10 Å². The fraction of sp³-hybridized carbons (Fsp3) is 0.538. The summed E-state index contributed by atoms with van der Waals surface area (Å²) in [5.41, 5.74) is 0.531. The second-order valence-corrected chi connectivity index (χ2v) is 4.76. The standard InChI is InChI=1S/C13H15N3O/c14-8-11-2-1-5-15-13(11)17-12-9-16-6-3-10(12)4-7-16/h1-2,5,10,12H,3-4,6-7,9H2. The maximum atomic E-state index is 9.00. The molecule has 1 atom stereocenters. The Morgan fingerprint density at radius 3 is 2.88 bits per heavy atom. The van der Waals surface area contributed by atoms with Crippen molar-refractivity contribution in [2.75, 3.05) is 19.6 Å². The molecule has 3 aliphatic rings. The van der Waals surface area contributed by atoms with Crippen LogP contribution in [-0.2, 0) is 0 Å². The highest BCUT2D eigenvalue weighted by Gasteiger charge is 2.35. The van der Waals surface area contributed by atoms with Gasteiger partial charge in [-0.2, -0.15) is 5.26 Å². The van der Waals surface area contributed by atoms with Crippen molar-refractivity contribution < 1.29 is 4.74 Å². The van der Waals surface area contributed by atoms with Crippen LogP contribution in [0.5, 0.6) is 5.88 Å². The number of fused-ring (bicyclic) bond motifs is 3. The minimum Gasteiger partial charge on any atom is -0.472 e. The molecule has 2 bridgehead atoms. The Bertz CT molecular complexity index is 446. The molecule has 3 fully saturated rings. The van der Waals surface area contributed by atoms with Gasteiger partial charge in [0, 0.05) is 12.7 Å². The van der Waals surface area contributed by atoms with E-state index in [9.17, 15) is 0 Å². The minimum absolute atomic E-state index is 0.208. The van der Waals surface area contributed by atoms with Crippen LogP contribution in [0.2, 0.25) is 0 Å². The third-order valence-electron chi connectivity index (χ3n) is 3.75. The Morgan fingerprint density at radius 2 is 2.24 bits per heavy atom. The van der Waals surface area contributed by atoms with Crippen LogP contribution in [0, 0.1) is 17.2 Å². The van der Waals surface area contributed by atoms with Gasteiger partial charge in [0.05, 0.1) is 0 Å². The van der Waals surface area contributed by atoms with Gasteiger partial charge in [0.15, 0.2) is 0 Å². The molecule has 3 saturated heterocycles. The van der Waals surface area contributed by atoms with Crippen molar-refractivity contribution in [1.29, 1.82) is 5.26 Å². The van der Waals surface area contributed by atoms with Gasteiger partial charge in [-0.3, -0.25) is 4.90 Å². The van der Waals surface area contributed by atoms with E-state index in [2.05, 4.69) is 16.0 Å². The molecule has 1 aromatic rings. The number of piperidine rings is 3. The van der Waals surface area contributed by atoms with E-state index in [0.717, 1.165) is 6.54 Å². The molecular weight excluding hydrogens is 214 g/mol. The molecule has 4 nitrogen and oxygen atoms in total. The number of hydrogen-bond acceptors (Lipinski definition) is 4. The van der Waals surface area contributed by atoms with Crippen LogP contribution in [0.3, 0.4) is 0 Å². The molecule has 3 aliphatic heterocycles. The van der Waals surface area contributed by atoms with E-state index in [0.29, 0.717) is 17.4 Å². The fourth-order valence-electron chi connectivity index (χ4n) is 2.76. The first kappa shape index (κ1) is 10.5. The normalized spacial score (nSPS) is 30.9. The lowest BCUT2D eigenvalue weighted by Gasteiger charge is -2.44. The van der Waals surface area contributed by atoms with Gasteiger partial charge < -0.3 is 4.74 Å². The molecule has 4 heteroatoms. The molecule has 4 heterocycles. The van der Waals surface area contributed by atoms with Gasteiger partial charge in [-0.25, -0.2) is 4.98 Å². The zero-order valence-electron chi connectivity index (χ0n) is 9.67. The van der Waals surface area contributed by atoms with Gasteiger partial charge >= 0.3 is 0 Å². The summed E-state index contributed by atoms with van der Waals surface area (Å²) < 4.78 is 5.94. The number of ether oxygens (including phenoxy) is 1. The Morgan fingerprint density at radius 1 is 1.41 bits per heavy atom. The maximum Gasteiger partial charge on any atom is 0.231 e. The van der Waals surface area contributed by atoms with Crippen molar-refractivity contribution in [3.05, 3.63) is 23.9 Å². The summed E-state index contributed by atoms with van der Waals surface area (Å²) in [5.74, 6) is 1.13. The number of rotatable bonds is 2. The summed E-state index contributed by atoms with van der Waals surface area (Å²) in [6.45, 7) is 3.36. The van der Waals surface area contributed by atoms with E-state index < -0.39 is 0 Å². The molecule has 4 rings (SSSR count). The van der Waals surface area contributed by atoms with Gasteiger partial charge in [0.2, 0.25) is 5.88 Å². The van der Waals surface area contributed by atoms with Crippen molar-refractivity contribution >= 4 is 0 Å². The molecule has 17 heavy (non-hydrogen) atoms. The topological polar surface area (TPSA) is 49.1 Å². The van der Waals surface area contributed by atoms with Crippen LogP contribution < -0.4 is 4.74 Å². The number of nitrogens with zero attached hydrogens (tertiary/aromatic N) is 3. The summed E-state index contributed by atoms with van der Waals surface area (Å²) >= 11 is 0. The lowest BCUT2D eigenvalue weighted by molar-refractivity contribution is -0.0101. The fourth-order valence-corrected chi connectivity index (χ4v) is 2.76. The summed E-state index contributed by atoms with van der Waals surface area (Å²) in [7, 11) is 0. The van der Waals surface area contributed by atoms with Gasteiger partial charge in [-0.15, -0.1) is 0 Å². The number of hydrogen-bond donors (Lipinski definition) is 0. The molecule has 1 aromatic heterocycles. The average Bonchev–Trinajstić information content (AvgIpc) is 2.41. The molecule has 0 saturated carbocycles. The van der Waals surface area contributed by atoms with E-state index in [4.69, 9.17) is 10.00 Å². The first-order valence-corrected chi connectivity index (χ1v) is 6.11. The van der Waals surface area contributed by atoms with E-state index in [1.165, 1.54) is 25.9 Å². The van der Waals surface area contributed by atoms with Gasteiger partial charge in [-0.1, -0.05) is 0 Å². The molecule has 0 N–H and O–H groups in total. The molecule has 0 aromatic carbocycles. The Hall–Kier alpha value is -1.60. The highest BCUT2D eigenvalue weighted by atomic mass is 16.5. The largest absolute Gasteiger partial charge is 0.472 e. The van der Waals surface area contributed by atoms with Crippen molar-refractivity contribution in [3.8, 4) is 11.9 Å². The van der Waals surface area contributed by atoms with Crippen molar-refractivity contribution in [2.24, 2.45) is 5.92 Å². The zero-order valence-corrected chi connectivity index (χ0v) is 9.67. The molecule has 0 aliphatic carbocycles. The predicted molar refractivity (Wildman–Crippen MR) is 62.5 cm³/mol. The molecule has 0 spiro atoms. The molecule has 88 valence electrons. The predicted octanol–water partition coefficient (Wildman–Crippen LogP) is 1.43. The number of pyridine rings is 1. The van der Waals surface area contributed by atoms with Crippen LogP contribution in [0.4, 0.5) is 0 Å². The van der Waals surface area contributed by atoms with Crippen LogP contribution in [0.25, 0.3) is 0 Å². The van der Waals surface area contributed by atoms with Crippen molar-refractivity contribution in [3.63, 3.8) is 0 Å². The van der Waals surface area contributed by atoms with Gasteiger partial charge in [0.25, 0.3) is 0 Å². The number of nitriles is 1. The second kappa shape index (κ2) is 4.34. The Balaban J connectivity index is 1.77. The first-order valence-electron chi connectivity index (χ1n) is 6.11. The highest BCUT2D eigenvalue weighted by Crippen LogP contribution is 2.30. The van der Waals surface area contributed by atoms with E-state index >= 15 is 0 Å². The van der Waals surface area contributed by atoms with Crippen LogP contribution >= 0.6 is 0 Å². The molecule has 0 radical (unpaired) electrons. The Labute approximate surface area is 101 Å². The zero-order chi connectivity index (χ0) is 11.7. The summed E-state index contributed by atoms with van der Waals surface area (Å²) in [5, 5.41) is 9.00. The average molecular weight is 229 g/mol. The second-order valence-electron chi connectivity index (χ2n) is 4.76. The molecule has 1 unspecified atom stereocenters. The minimum atomic E-state index is 0.208. The lowest BCUT2D eigenvalue weighted by Crippen LogP contribution is -2.52. The summed E-state index contributed by atoms with van der Waals surface area (Å²) in [4.78, 5) is 6.59. The SMILES string of the molecule is N#Cc1cccnc1OC1CN2CCC1CC2. The van der Waals surface area contributed by atoms with E-state index in [1.807, 2.05) is 0 Å². The smallest absolute Gasteiger partial charge is 0.231 e. The lowest BCUT2D eigenvalue weighted by atomic mass is 9.86. The summed E-state index contributed by atoms with van der Waals surface area (Å²) in [6, 6.07) is 5.65. The van der Waals surface area contributed by atoms with Gasteiger partial charge in [-0.05, 0) is 44.0 Å². The van der Waals surface area contributed by atoms with Crippen molar-refractivity contribution in [2.45, 2.75) is 18.9 Å². The van der Waals surface area contributed by atoms with Crippen LogP contribution in [0.15, 0.2) is 18.3 Å². The molecule has 0 amide bonds. The third-order valence-corrected chi connectivity index (χ3v) is 3.75. The molecular formula is C13H15N3O. The Kier molecular flexibility index (Phi) is 2.69. The highest BCUT2D eigenvalue weighted by molar-refractivity contribution is 5.37. The third kappa shape index (κ3) is 1.98. The monoisotopic (exact) mass is 229 g/mol.